The Bertz CT molecular complexity index is 440. The van der Waals surface area contributed by atoms with E-state index in [2.05, 4.69) is 4.90 Å². The summed E-state index contributed by atoms with van der Waals surface area (Å²) in [5, 5.41) is 9.10. The van der Waals surface area contributed by atoms with Crippen LogP contribution in [0.25, 0.3) is 0 Å². The van der Waals surface area contributed by atoms with Crippen LogP contribution in [0.1, 0.15) is 11.1 Å². The van der Waals surface area contributed by atoms with Crippen molar-refractivity contribution in [1.82, 2.24) is 4.90 Å². The average Bonchev–Trinajstić information content (AvgIpc) is 2.44. The van der Waals surface area contributed by atoms with Crippen molar-refractivity contribution in [3.05, 3.63) is 29.3 Å². The summed E-state index contributed by atoms with van der Waals surface area (Å²) in [5.74, 6) is 0.673. The maximum atomic E-state index is 9.10. The van der Waals surface area contributed by atoms with Crippen LogP contribution < -0.4 is 10.5 Å². The molecular formula is C14H22N2O3S. The molecule has 0 atom stereocenters. The molecule has 0 saturated carbocycles. The SMILES string of the molecule is COCCN(CCO)Cc1ccc(OC)c(C(N)=S)c1. The molecule has 0 aromatic heterocycles. The van der Waals surface area contributed by atoms with Gasteiger partial charge in [-0.15, -0.1) is 0 Å². The molecule has 6 heteroatoms. The molecule has 1 rings (SSSR count). The molecule has 0 aliphatic carbocycles. The molecule has 0 aliphatic rings. The van der Waals surface area contributed by atoms with Crippen molar-refractivity contribution in [2.75, 3.05) is 40.5 Å². The molecule has 0 spiro atoms. The molecule has 0 heterocycles. The lowest BCUT2D eigenvalue weighted by Crippen LogP contribution is -2.30. The van der Waals surface area contributed by atoms with Gasteiger partial charge >= 0.3 is 0 Å². The van der Waals surface area contributed by atoms with E-state index in [-0.39, 0.29) is 6.61 Å². The number of aliphatic hydroxyl groups is 1. The third kappa shape index (κ3) is 5.05. The van der Waals surface area contributed by atoms with E-state index in [4.69, 9.17) is 32.5 Å². The topological polar surface area (TPSA) is 68.0 Å². The van der Waals surface area contributed by atoms with E-state index in [0.717, 1.165) is 17.7 Å². The van der Waals surface area contributed by atoms with Gasteiger partial charge in [0.2, 0.25) is 0 Å². The van der Waals surface area contributed by atoms with E-state index < -0.39 is 0 Å². The predicted octanol–water partition coefficient (Wildman–Crippen LogP) is 0.770. The zero-order valence-electron chi connectivity index (χ0n) is 12.0. The van der Waals surface area contributed by atoms with Gasteiger partial charge < -0.3 is 20.3 Å². The Morgan fingerprint density at radius 3 is 2.65 bits per heavy atom. The van der Waals surface area contributed by atoms with E-state index in [1.807, 2.05) is 18.2 Å². The summed E-state index contributed by atoms with van der Waals surface area (Å²) >= 11 is 5.03. The first-order chi connectivity index (χ1) is 9.62. The Balaban J connectivity index is 2.84. The summed E-state index contributed by atoms with van der Waals surface area (Å²) in [5.41, 5.74) is 7.51. The fraction of sp³-hybridized carbons (Fsp3) is 0.500. The number of benzene rings is 1. The highest BCUT2D eigenvalue weighted by molar-refractivity contribution is 7.80. The fourth-order valence-corrected chi connectivity index (χ4v) is 2.10. The van der Waals surface area contributed by atoms with Crippen LogP contribution in [0, 0.1) is 0 Å². The van der Waals surface area contributed by atoms with Gasteiger partial charge in [0.25, 0.3) is 0 Å². The molecule has 0 fully saturated rings. The van der Waals surface area contributed by atoms with Gasteiger partial charge in [0.1, 0.15) is 10.7 Å². The van der Waals surface area contributed by atoms with Crippen LogP contribution in [0.15, 0.2) is 18.2 Å². The van der Waals surface area contributed by atoms with Crippen molar-refractivity contribution in [2.24, 2.45) is 5.73 Å². The minimum absolute atomic E-state index is 0.113. The van der Waals surface area contributed by atoms with Crippen LogP contribution in [0.3, 0.4) is 0 Å². The van der Waals surface area contributed by atoms with Crippen LogP contribution in [0.5, 0.6) is 5.75 Å². The van der Waals surface area contributed by atoms with Crippen LogP contribution in [0.4, 0.5) is 0 Å². The van der Waals surface area contributed by atoms with Gasteiger partial charge in [-0.2, -0.15) is 0 Å². The molecule has 0 unspecified atom stereocenters. The Labute approximate surface area is 125 Å². The monoisotopic (exact) mass is 298 g/mol. The quantitative estimate of drug-likeness (QED) is 0.656. The van der Waals surface area contributed by atoms with Crippen molar-refractivity contribution in [1.29, 1.82) is 0 Å². The zero-order valence-corrected chi connectivity index (χ0v) is 12.8. The Morgan fingerprint density at radius 2 is 2.10 bits per heavy atom. The number of rotatable bonds is 9. The number of nitrogens with zero attached hydrogens (tertiary/aromatic N) is 1. The highest BCUT2D eigenvalue weighted by atomic mass is 32.1. The number of methoxy groups -OCH3 is 2. The number of nitrogens with two attached hydrogens (primary N) is 1. The number of aliphatic hydroxyl groups excluding tert-OH is 1. The lowest BCUT2D eigenvalue weighted by atomic mass is 10.1. The lowest BCUT2D eigenvalue weighted by Gasteiger charge is -2.21. The Hall–Kier alpha value is -1.21. The average molecular weight is 298 g/mol. The van der Waals surface area contributed by atoms with Crippen LogP contribution in [-0.2, 0) is 11.3 Å². The van der Waals surface area contributed by atoms with E-state index in [0.29, 0.717) is 30.4 Å². The minimum Gasteiger partial charge on any atom is -0.496 e. The third-order valence-electron chi connectivity index (χ3n) is 2.96. The van der Waals surface area contributed by atoms with E-state index in [9.17, 15) is 0 Å². The largest absolute Gasteiger partial charge is 0.496 e. The minimum atomic E-state index is 0.113. The molecule has 0 amide bonds. The van der Waals surface area contributed by atoms with Gasteiger partial charge in [-0.25, -0.2) is 0 Å². The highest BCUT2D eigenvalue weighted by Gasteiger charge is 2.10. The van der Waals surface area contributed by atoms with Gasteiger partial charge in [0, 0.05) is 26.7 Å². The van der Waals surface area contributed by atoms with Crippen molar-refractivity contribution in [2.45, 2.75) is 6.54 Å². The first-order valence-electron chi connectivity index (χ1n) is 6.41. The van der Waals surface area contributed by atoms with Crippen LogP contribution in [0.2, 0.25) is 0 Å². The molecule has 112 valence electrons. The third-order valence-corrected chi connectivity index (χ3v) is 3.18. The zero-order chi connectivity index (χ0) is 15.0. The first-order valence-corrected chi connectivity index (χ1v) is 6.82. The van der Waals surface area contributed by atoms with Crippen LogP contribution >= 0.6 is 12.2 Å². The second kappa shape index (κ2) is 8.86. The molecule has 0 aliphatic heterocycles. The highest BCUT2D eigenvalue weighted by Crippen LogP contribution is 2.20. The van der Waals surface area contributed by atoms with E-state index in [1.165, 1.54) is 0 Å². The van der Waals surface area contributed by atoms with Gasteiger partial charge in [-0.1, -0.05) is 18.3 Å². The normalized spacial score (nSPS) is 10.8. The molecule has 20 heavy (non-hydrogen) atoms. The summed E-state index contributed by atoms with van der Waals surface area (Å²) < 4.78 is 10.3. The molecule has 0 radical (unpaired) electrons. The molecule has 5 nitrogen and oxygen atoms in total. The summed E-state index contributed by atoms with van der Waals surface area (Å²) in [6, 6.07) is 5.76. The lowest BCUT2D eigenvalue weighted by molar-refractivity contribution is 0.127. The number of thiocarbonyl (C=S) groups is 1. The van der Waals surface area contributed by atoms with Crippen molar-refractivity contribution in [3.63, 3.8) is 0 Å². The molecule has 3 N–H and O–H groups in total. The van der Waals surface area contributed by atoms with Gasteiger partial charge in [0.15, 0.2) is 0 Å². The van der Waals surface area contributed by atoms with Gasteiger partial charge in [-0.05, 0) is 17.7 Å². The molecule has 0 bridgehead atoms. The first kappa shape index (κ1) is 16.8. The second-order valence-electron chi connectivity index (χ2n) is 4.39. The Morgan fingerprint density at radius 1 is 1.35 bits per heavy atom. The number of ether oxygens (including phenoxy) is 2. The summed E-state index contributed by atoms with van der Waals surface area (Å²) in [6.07, 6.45) is 0. The smallest absolute Gasteiger partial charge is 0.129 e. The van der Waals surface area contributed by atoms with Crippen molar-refractivity contribution < 1.29 is 14.6 Å². The van der Waals surface area contributed by atoms with Crippen molar-refractivity contribution >= 4 is 17.2 Å². The van der Waals surface area contributed by atoms with Gasteiger partial charge in [0.05, 0.1) is 25.9 Å². The number of hydrogen-bond donors (Lipinski definition) is 2. The van der Waals surface area contributed by atoms with Gasteiger partial charge in [-0.3, -0.25) is 4.90 Å². The standard InChI is InChI=1S/C14H22N2O3S/c1-18-8-6-16(5-7-17)10-11-3-4-13(19-2)12(9-11)14(15)20/h3-4,9,17H,5-8,10H2,1-2H3,(H2,15,20). The number of hydrogen-bond acceptors (Lipinski definition) is 5. The van der Waals surface area contributed by atoms with Crippen LogP contribution in [-0.4, -0.2) is 55.5 Å². The summed E-state index contributed by atoms with van der Waals surface area (Å²) in [6.45, 7) is 2.78. The fourth-order valence-electron chi connectivity index (χ4n) is 1.94. The van der Waals surface area contributed by atoms with E-state index >= 15 is 0 Å². The Kier molecular flexibility index (Phi) is 7.46. The van der Waals surface area contributed by atoms with Crippen molar-refractivity contribution in [3.8, 4) is 5.75 Å². The molecule has 1 aromatic carbocycles. The summed E-state index contributed by atoms with van der Waals surface area (Å²) in [7, 11) is 3.25. The predicted molar refractivity (Wildman–Crippen MR) is 83.1 cm³/mol. The second-order valence-corrected chi connectivity index (χ2v) is 4.83. The molecular weight excluding hydrogens is 276 g/mol. The molecule has 1 aromatic rings. The molecule has 0 saturated heterocycles. The maximum Gasteiger partial charge on any atom is 0.129 e. The van der Waals surface area contributed by atoms with E-state index in [1.54, 1.807) is 14.2 Å². The summed E-state index contributed by atoms with van der Waals surface area (Å²) in [4.78, 5) is 2.42. The maximum absolute atomic E-state index is 9.10.